The van der Waals surface area contributed by atoms with Crippen LogP contribution >= 0.6 is 11.8 Å². The highest BCUT2D eigenvalue weighted by Crippen LogP contribution is 2.29. The van der Waals surface area contributed by atoms with Gasteiger partial charge in [-0.15, -0.1) is 10.2 Å². The highest BCUT2D eigenvalue weighted by atomic mass is 32.2. The minimum atomic E-state index is -0.301. The standard InChI is InChI=1S/C25H29N5OS/c1-15(2)13-26-24(31)18(5)32-25-27-23-22(28-29-25)20-12-17(4)8-11-21(20)30(23)14-19-9-6-16(3)7-10-19/h6-12,15,18H,13-14H2,1-5H3,(H,26,31). The van der Waals surface area contributed by atoms with E-state index in [2.05, 4.69) is 90.2 Å². The number of benzene rings is 2. The smallest absolute Gasteiger partial charge is 0.233 e. The molecular weight excluding hydrogens is 418 g/mol. The van der Waals surface area contributed by atoms with Crippen molar-refractivity contribution >= 4 is 39.7 Å². The molecule has 2 aromatic carbocycles. The summed E-state index contributed by atoms with van der Waals surface area (Å²) in [6, 6.07) is 14.9. The van der Waals surface area contributed by atoms with E-state index >= 15 is 0 Å². The van der Waals surface area contributed by atoms with Gasteiger partial charge in [-0.05, 0) is 44.4 Å². The van der Waals surface area contributed by atoms with Crippen molar-refractivity contribution in [2.45, 2.75) is 51.6 Å². The van der Waals surface area contributed by atoms with Gasteiger partial charge in [0.1, 0.15) is 5.52 Å². The molecule has 4 rings (SSSR count). The van der Waals surface area contributed by atoms with Gasteiger partial charge in [0.25, 0.3) is 0 Å². The number of thioether (sulfide) groups is 1. The van der Waals surface area contributed by atoms with E-state index in [1.54, 1.807) is 0 Å². The summed E-state index contributed by atoms with van der Waals surface area (Å²) in [5.74, 6) is 0.398. The van der Waals surface area contributed by atoms with Gasteiger partial charge in [0.05, 0.1) is 10.8 Å². The minimum absolute atomic E-state index is 0.0109. The van der Waals surface area contributed by atoms with Gasteiger partial charge in [-0.3, -0.25) is 4.79 Å². The van der Waals surface area contributed by atoms with E-state index in [1.165, 1.54) is 28.5 Å². The first-order chi connectivity index (χ1) is 15.3. The van der Waals surface area contributed by atoms with Crippen LogP contribution in [0.2, 0.25) is 0 Å². The van der Waals surface area contributed by atoms with E-state index in [9.17, 15) is 4.79 Å². The molecule has 2 aromatic heterocycles. The molecule has 0 aliphatic heterocycles. The van der Waals surface area contributed by atoms with Gasteiger partial charge < -0.3 is 9.88 Å². The van der Waals surface area contributed by atoms with E-state index in [4.69, 9.17) is 4.98 Å². The molecule has 0 radical (unpaired) electrons. The Morgan fingerprint density at radius 3 is 2.47 bits per heavy atom. The van der Waals surface area contributed by atoms with Crippen LogP contribution in [0.3, 0.4) is 0 Å². The number of aromatic nitrogens is 4. The normalized spacial score (nSPS) is 12.6. The van der Waals surface area contributed by atoms with Gasteiger partial charge in [-0.1, -0.05) is 67.1 Å². The first-order valence-corrected chi connectivity index (χ1v) is 11.8. The van der Waals surface area contributed by atoms with Crippen molar-refractivity contribution < 1.29 is 4.79 Å². The quantitative estimate of drug-likeness (QED) is 0.408. The van der Waals surface area contributed by atoms with Crippen molar-refractivity contribution in [3.8, 4) is 0 Å². The summed E-state index contributed by atoms with van der Waals surface area (Å²) in [4.78, 5) is 17.3. The molecule has 1 N–H and O–H groups in total. The van der Waals surface area contributed by atoms with Crippen LogP contribution in [0.4, 0.5) is 0 Å². The largest absolute Gasteiger partial charge is 0.355 e. The molecule has 0 aliphatic carbocycles. The molecule has 0 saturated heterocycles. The maximum atomic E-state index is 12.4. The second kappa shape index (κ2) is 9.28. The summed E-state index contributed by atoms with van der Waals surface area (Å²) in [5, 5.41) is 13.1. The van der Waals surface area contributed by atoms with Crippen LogP contribution in [-0.4, -0.2) is 37.5 Å². The molecule has 32 heavy (non-hydrogen) atoms. The van der Waals surface area contributed by atoms with E-state index in [-0.39, 0.29) is 11.2 Å². The van der Waals surface area contributed by atoms with Gasteiger partial charge in [0, 0.05) is 18.5 Å². The van der Waals surface area contributed by atoms with Crippen molar-refractivity contribution in [1.29, 1.82) is 0 Å². The third-order valence-electron chi connectivity index (χ3n) is 5.40. The number of rotatable bonds is 7. The molecule has 1 unspecified atom stereocenters. The van der Waals surface area contributed by atoms with Gasteiger partial charge in [0.15, 0.2) is 5.65 Å². The van der Waals surface area contributed by atoms with E-state index in [0.29, 0.717) is 24.2 Å². The number of aryl methyl sites for hydroxylation is 2. The van der Waals surface area contributed by atoms with Crippen LogP contribution in [0.5, 0.6) is 0 Å². The molecule has 1 amide bonds. The van der Waals surface area contributed by atoms with Crippen LogP contribution in [0.15, 0.2) is 47.6 Å². The summed E-state index contributed by atoms with van der Waals surface area (Å²) < 4.78 is 2.19. The maximum Gasteiger partial charge on any atom is 0.233 e. The molecule has 0 spiro atoms. The summed E-state index contributed by atoms with van der Waals surface area (Å²) in [6.45, 7) is 11.5. The number of nitrogens with zero attached hydrogens (tertiary/aromatic N) is 4. The zero-order valence-corrected chi connectivity index (χ0v) is 20.0. The number of fused-ring (bicyclic) bond motifs is 3. The maximum absolute atomic E-state index is 12.4. The predicted molar refractivity (Wildman–Crippen MR) is 131 cm³/mol. The van der Waals surface area contributed by atoms with Crippen LogP contribution in [-0.2, 0) is 11.3 Å². The summed E-state index contributed by atoms with van der Waals surface area (Å²) in [6.07, 6.45) is 0. The Bertz CT molecular complexity index is 1260. The Balaban J connectivity index is 1.71. The van der Waals surface area contributed by atoms with Gasteiger partial charge >= 0.3 is 0 Å². The van der Waals surface area contributed by atoms with Gasteiger partial charge in [-0.2, -0.15) is 0 Å². The number of amides is 1. The summed E-state index contributed by atoms with van der Waals surface area (Å²) >= 11 is 1.34. The first kappa shape index (κ1) is 22.3. The molecule has 0 bridgehead atoms. The van der Waals surface area contributed by atoms with Crippen LogP contribution in [0.25, 0.3) is 22.1 Å². The van der Waals surface area contributed by atoms with Crippen LogP contribution in [0.1, 0.15) is 37.5 Å². The number of hydrogen-bond donors (Lipinski definition) is 1. The Morgan fingerprint density at radius 2 is 1.75 bits per heavy atom. The van der Waals surface area contributed by atoms with Gasteiger partial charge in [0.2, 0.25) is 11.1 Å². The number of hydrogen-bond acceptors (Lipinski definition) is 5. The molecule has 4 aromatic rings. The molecule has 6 nitrogen and oxygen atoms in total. The van der Waals surface area contributed by atoms with E-state index in [0.717, 1.165) is 22.1 Å². The lowest BCUT2D eigenvalue weighted by atomic mass is 10.1. The van der Waals surface area contributed by atoms with Crippen molar-refractivity contribution in [3.05, 3.63) is 59.2 Å². The minimum Gasteiger partial charge on any atom is -0.355 e. The molecular formula is C25H29N5OS. The van der Waals surface area contributed by atoms with Crippen LogP contribution in [0, 0.1) is 19.8 Å². The number of carbonyl (C=O) groups is 1. The first-order valence-electron chi connectivity index (χ1n) is 10.9. The Labute approximate surface area is 192 Å². The lowest BCUT2D eigenvalue weighted by Gasteiger charge is -2.12. The average molecular weight is 448 g/mol. The molecule has 1 atom stereocenters. The van der Waals surface area contributed by atoms with E-state index in [1.807, 2.05) is 6.92 Å². The lowest BCUT2D eigenvalue weighted by Crippen LogP contribution is -2.33. The lowest BCUT2D eigenvalue weighted by molar-refractivity contribution is -0.120. The second-order valence-corrected chi connectivity index (χ2v) is 10.1. The van der Waals surface area contributed by atoms with Crippen molar-refractivity contribution in [2.75, 3.05) is 6.54 Å². The van der Waals surface area contributed by atoms with Crippen LogP contribution < -0.4 is 5.32 Å². The third kappa shape index (κ3) is 4.78. The average Bonchev–Trinajstić information content (AvgIpc) is 3.05. The number of carbonyl (C=O) groups excluding carboxylic acids is 1. The van der Waals surface area contributed by atoms with Crippen molar-refractivity contribution in [2.24, 2.45) is 5.92 Å². The third-order valence-corrected chi connectivity index (χ3v) is 6.35. The van der Waals surface area contributed by atoms with Gasteiger partial charge in [-0.25, -0.2) is 4.98 Å². The molecule has 0 aliphatic rings. The highest BCUT2D eigenvalue weighted by Gasteiger charge is 2.19. The summed E-state index contributed by atoms with van der Waals surface area (Å²) in [5.41, 5.74) is 6.26. The Hall–Kier alpha value is -2.93. The molecule has 2 heterocycles. The Kier molecular flexibility index (Phi) is 6.46. The second-order valence-electron chi connectivity index (χ2n) is 8.76. The molecule has 7 heteroatoms. The summed E-state index contributed by atoms with van der Waals surface area (Å²) in [7, 11) is 0. The fourth-order valence-electron chi connectivity index (χ4n) is 3.60. The van der Waals surface area contributed by atoms with Crippen molar-refractivity contribution in [3.63, 3.8) is 0 Å². The molecule has 0 saturated carbocycles. The zero-order chi connectivity index (χ0) is 22.8. The monoisotopic (exact) mass is 447 g/mol. The molecule has 0 fully saturated rings. The van der Waals surface area contributed by atoms with E-state index < -0.39 is 0 Å². The zero-order valence-electron chi connectivity index (χ0n) is 19.2. The fraction of sp³-hybridized carbons (Fsp3) is 0.360. The predicted octanol–water partition coefficient (Wildman–Crippen LogP) is 4.90. The SMILES string of the molecule is Cc1ccc(Cn2c3ccc(C)cc3c3nnc(SC(C)C(=O)NCC(C)C)nc32)cc1. The fourth-order valence-corrected chi connectivity index (χ4v) is 4.33. The topological polar surface area (TPSA) is 72.7 Å². The number of nitrogens with one attached hydrogen (secondary N) is 1. The van der Waals surface area contributed by atoms with Crippen molar-refractivity contribution in [1.82, 2.24) is 25.1 Å². The highest BCUT2D eigenvalue weighted by molar-refractivity contribution is 8.00. The Morgan fingerprint density at radius 1 is 1.03 bits per heavy atom. The molecule has 166 valence electrons.